The summed E-state index contributed by atoms with van der Waals surface area (Å²) in [6.07, 6.45) is 2.63. The number of hydroxylamine groups is 2. The molecule has 7 heteroatoms. The van der Waals surface area contributed by atoms with Crippen LogP contribution < -0.4 is 0 Å². The van der Waals surface area contributed by atoms with Gasteiger partial charge in [-0.1, -0.05) is 38.0 Å². The molecule has 0 radical (unpaired) electrons. The fraction of sp³-hybridized carbons (Fsp3) is 0.235. The quantitative estimate of drug-likeness (QED) is 0.786. The Hall–Kier alpha value is -3.09. The second-order valence-corrected chi connectivity index (χ2v) is 6.37. The molecule has 1 aromatic heterocycles. The summed E-state index contributed by atoms with van der Waals surface area (Å²) in [5, 5.41) is 0.463. The Morgan fingerprint density at radius 1 is 1.00 bits per heavy atom. The van der Waals surface area contributed by atoms with Crippen LogP contribution in [0.4, 0.5) is 0 Å². The number of aromatic nitrogens is 2. The number of hydrogen-bond donors (Lipinski definition) is 0. The molecule has 0 fully saturated rings. The predicted octanol–water partition coefficient (Wildman–Crippen LogP) is 2.14. The molecule has 0 unspecified atom stereocenters. The van der Waals surface area contributed by atoms with Crippen LogP contribution in [0.5, 0.6) is 0 Å². The van der Waals surface area contributed by atoms with Gasteiger partial charge >= 0.3 is 5.97 Å². The summed E-state index contributed by atoms with van der Waals surface area (Å²) >= 11 is 0. The van der Waals surface area contributed by atoms with Crippen molar-refractivity contribution in [3.8, 4) is 0 Å². The monoisotopic (exact) mass is 325 g/mol. The zero-order valence-electron chi connectivity index (χ0n) is 13.4. The van der Waals surface area contributed by atoms with Crippen molar-refractivity contribution in [3.05, 3.63) is 59.2 Å². The molecule has 122 valence electrons. The van der Waals surface area contributed by atoms with E-state index in [2.05, 4.69) is 9.97 Å². The van der Waals surface area contributed by atoms with Gasteiger partial charge in [0.15, 0.2) is 0 Å². The number of fused-ring (bicyclic) bond motifs is 1. The van der Waals surface area contributed by atoms with E-state index in [1.165, 1.54) is 24.5 Å². The smallest absolute Gasteiger partial charge is 0.324 e. The maximum atomic E-state index is 12.2. The number of carbonyl (C=O) groups excluding carboxylic acids is 3. The molecule has 3 rings (SSSR count). The first-order valence-electron chi connectivity index (χ1n) is 7.31. The van der Waals surface area contributed by atoms with Crippen LogP contribution in [0.1, 0.15) is 57.7 Å². The Morgan fingerprint density at radius 3 is 1.96 bits per heavy atom. The van der Waals surface area contributed by atoms with Crippen LogP contribution in [0.3, 0.4) is 0 Å². The summed E-state index contributed by atoms with van der Waals surface area (Å²) in [5.41, 5.74) is 0.203. The highest BCUT2D eigenvalue weighted by atomic mass is 16.7. The Labute approximate surface area is 138 Å². The van der Waals surface area contributed by atoms with Gasteiger partial charge in [0.1, 0.15) is 5.82 Å². The fourth-order valence-electron chi connectivity index (χ4n) is 2.21. The van der Waals surface area contributed by atoms with E-state index < -0.39 is 17.8 Å². The zero-order valence-corrected chi connectivity index (χ0v) is 13.4. The Bertz CT molecular complexity index is 803. The number of imide groups is 1. The molecule has 0 N–H and O–H groups in total. The van der Waals surface area contributed by atoms with E-state index in [0.29, 0.717) is 10.9 Å². The minimum atomic E-state index is -0.870. The van der Waals surface area contributed by atoms with Crippen LogP contribution in [0, 0.1) is 0 Å². The van der Waals surface area contributed by atoms with Crippen LogP contribution >= 0.6 is 0 Å². The first-order valence-corrected chi connectivity index (χ1v) is 7.31. The van der Waals surface area contributed by atoms with Crippen molar-refractivity contribution in [3.63, 3.8) is 0 Å². The van der Waals surface area contributed by atoms with E-state index in [-0.39, 0.29) is 22.1 Å². The molecule has 2 amide bonds. The maximum Gasteiger partial charge on any atom is 0.367 e. The number of benzene rings is 1. The second-order valence-electron chi connectivity index (χ2n) is 6.37. The molecule has 0 spiro atoms. The molecule has 0 saturated carbocycles. The van der Waals surface area contributed by atoms with Gasteiger partial charge < -0.3 is 4.84 Å². The minimum absolute atomic E-state index is 0.0551. The average molecular weight is 325 g/mol. The molecule has 0 aliphatic carbocycles. The second kappa shape index (κ2) is 5.52. The lowest BCUT2D eigenvalue weighted by Gasteiger charge is -2.16. The summed E-state index contributed by atoms with van der Waals surface area (Å²) < 4.78 is 0. The van der Waals surface area contributed by atoms with Gasteiger partial charge in [-0.05, 0) is 12.1 Å². The van der Waals surface area contributed by atoms with Crippen LogP contribution in [0.25, 0.3) is 0 Å². The fourth-order valence-corrected chi connectivity index (χ4v) is 2.21. The highest BCUT2D eigenvalue weighted by molar-refractivity contribution is 6.21. The van der Waals surface area contributed by atoms with Crippen LogP contribution in [0.15, 0.2) is 36.7 Å². The van der Waals surface area contributed by atoms with Gasteiger partial charge in [0.25, 0.3) is 11.8 Å². The molecule has 1 aromatic carbocycles. The molecule has 1 aliphatic rings. The van der Waals surface area contributed by atoms with E-state index in [1.807, 2.05) is 20.8 Å². The van der Waals surface area contributed by atoms with E-state index >= 15 is 0 Å². The average Bonchev–Trinajstić information content (AvgIpc) is 2.79. The number of carbonyl (C=O) groups is 3. The lowest BCUT2D eigenvalue weighted by Crippen LogP contribution is -2.32. The standard InChI is InChI=1S/C17H15N3O4/c1-17(2,3)16-18-8-10(9-19-16)15(23)24-20-13(21)11-6-4-5-7-12(11)14(20)22/h4-9H,1-3H3. The Kier molecular flexibility index (Phi) is 3.63. The van der Waals surface area contributed by atoms with Gasteiger partial charge in [-0.2, -0.15) is 0 Å². The lowest BCUT2D eigenvalue weighted by molar-refractivity contribution is -0.0585. The predicted molar refractivity (Wildman–Crippen MR) is 83.1 cm³/mol. The number of hydrogen-bond acceptors (Lipinski definition) is 6. The van der Waals surface area contributed by atoms with Crippen molar-refractivity contribution in [2.24, 2.45) is 0 Å². The number of nitrogens with zero attached hydrogens (tertiary/aromatic N) is 3. The van der Waals surface area contributed by atoms with E-state index in [0.717, 1.165) is 0 Å². The van der Waals surface area contributed by atoms with Gasteiger partial charge in [-0.3, -0.25) is 9.59 Å². The van der Waals surface area contributed by atoms with Crippen LogP contribution in [-0.4, -0.2) is 32.8 Å². The zero-order chi connectivity index (χ0) is 17.5. The normalized spacial score (nSPS) is 13.9. The minimum Gasteiger partial charge on any atom is -0.324 e. The van der Waals surface area contributed by atoms with Crippen molar-refractivity contribution in [1.29, 1.82) is 0 Å². The molecular weight excluding hydrogens is 310 g/mol. The van der Waals surface area contributed by atoms with E-state index in [4.69, 9.17) is 4.84 Å². The van der Waals surface area contributed by atoms with Crippen LogP contribution in [0.2, 0.25) is 0 Å². The summed E-state index contributed by atoms with van der Waals surface area (Å²) in [5.74, 6) is -1.64. The third kappa shape index (κ3) is 2.64. The van der Waals surface area contributed by atoms with Gasteiger partial charge in [0, 0.05) is 17.8 Å². The van der Waals surface area contributed by atoms with Gasteiger partial charge in [0.2, 0.25) is 0 Å². The van der Waals surface area contributed by atoms with Crippen LogP contribution in [-0.2, 0) is 10.3 Å². The molecule has 2 aromatic rings. The number of rotatable bonds is 2. The summed E-state index contributed by atoms with van der Waals surface area (Å²) in [6, 6.07) is 6.28. The molecule has 0 atom stereocenters. The van der Waals surface area contributed by atoms with Crippen molar-refractivity contribution in [2.45, 2.75) is 26.2 Å². The molecule has 0 saturated heterocycles. The molecular formula is C17H15N3O4. The van der Waals surface area contributed by atoms with Gasteiger partial charge in [-0.25, -0.2) is 14.8 Å². The van der Waals surface area contributed by atoms with Gasteiger partial charge in [0.05, 0.1) is 16.7 Å². The molecule has 1 aliphatic heterocycles. The van der Waals surface area contributed by atoms with Crippen molar-refractivity contribution in [1.82, 2.24) is 15.0 Å². The highest BCUT2D eigenvalue weighted by Gasteiger charge is 2.38. The van der Waals surface area contributed by atoms with Crippen molar-refractivity contribution in [2.75, 3.05) is 0 Å². The maximum absolute atomic E-state index is 12.2. The lowest BCUT2D eigenvalue weighted by atomic mass is 9.96. The summed E-state index contributed by atoms with van der Waals surface area (Å²) in [7, 11) is 0. The molecule has 2 heterocycles. The Morgan fingerprint density at radius 2 is 1.50 bits per heavy atom. The molecule has 7 nitrogen and oxygen atoms in total. The largest absolute Gasteiger partial charge is 0.367 e. The Balaban J connectivity index is 1.79. The summed E-state index contributed by atoms with van der Waals surface area (Å²) in [6.45, 7) is 5.83. The third-order valence-corrected chi connectivity index (χ3v) is 3.49. The number of amides is 2. The third-order valence-electron chi connectivity index (χ3n) is 3.49. The van der Waals surface area contributed by atoms with E-state index in [1.54, 1.807) is 12.1 Å². The first kappa shape index (κ1) is 15.8. The van der Waals surface area contributed by atoms with Crippen molar-refractivity contribution < 1.29 is 19.2 Å². The molecule has 0 bridgehead atoms. The van der Waals surface area contributed by atoms with E-state index in [9.17, 15) is 14.4 Å². The molecule has 24 heavy (non-hydrogen) atoms. The topological polar surface area (TPSA) is 89.5 Å². The highest BCUT2D eigenvalue weighted by Crippen LogP contribution is 2.23. The SMILES string of the molecule is CC(C)(C)c1ncc(C(=O)ON2C(=O)c3ccccc3C2=O)cn1. The first-order chi connectivity index (χ1) is 11.3. The van der Waals surface area contributed by atoms with Gasteiger partial charge in [-0.15, -0.1) is 0 Å². The van der Waals surface area contributed by atoms with Crippen molar-refractivity contribution >= 4 is 17.8 Å². The summed E-state index contributed by atoms with van der Waals surface area (Å²) in [4.78, 5) is 49.7.